The molecule has 4 rings (SSSR count). The molecule has 10 heteroatoms. The molecule has 2 amide bonds. The van der Waals surface area contributed by atoms with Crippen molar-refractivity contribution in [2.75, 3.05) is 13.2 Å². The van der Waals surface area contributed by atoms with Gasteiger partial charge in [-0.25, -0.2) is 16.4 Å². The first-order valence-electron chi connectivity index (χ1n) is 15.0. The Hall–Kier alpha value is -4.18. The van der Waals surface area contributed by atoms with Crippen molar-refractivity contribution < 1.29 is 14.3 Å². The van der Waals surface area contributed by atoms with E-state index in [1.807, 2.05) is 41.3 Å². The Bertz CT molecular complexity index is 1400. The van der Waals surface area contributed by atoms with Crippen molar-refractivity contribution in [1.29, 1.82) is 0 Å². The number of hydrogen-bond donors (Lipinski definition) is 4. The number of nitrogens with two attached hydrogens (primary N) is 2. The molecule has 1 saturated carbocycles. The predicted octanol–water partition coefficient (Wildman–Crippen LogP) is 4.64. The van der Waals surface area contributed by atoms with E-state index in [0.717, 1.165) is 35.5 Å². The molecule has 2 aliphatic rings. The lowest BCUT2D eigenvalue weighted by Crippen LogP contribution is -2.36. The third kappa shape index (κ3) is 7.43. The van der Waals surface area contributed by atoms with Crippen molar-refractivity contribution >= 4 is 23.4 Å². The molecule has 43 heavy (non-hydrogen) atoms. The maximum absolute atomic E-state index is 14.1. The summed E-state index contributed by atoms with van der Waals surface area (Å²) in [4.78, 5) is 33.6. The second-order valence-electron chi connectivity index (χ2n) is 12.6. The van der Waals surface area contributed by atoms with Crippen LogP contribution in [0.3, 0.4) is 0 Å². The Morgan fingerprint density at radius 3 is 2.33 bits per heavy atom. The summed E-state index contributed by atoms with van der Waals surface area (Å²) in [6, 6.07) is 14.7. The third-order valence-electron chi connectivity index (χ3n) is 8.04. The number of hydrogen-bond acceptors (Lipinski definition) is 7. The summed E-state index contributed by atoms with van der Waals surface area (Å²) in [5, 5.41) is 6.35. The second-order valence-corrected chi connectivity index (χ2v) is 12.6. The van der Waals surface area contributed by atoms with Gasteiger partial charge in [-0.3, -0.25) is 14.5 Å². The van der Waals surface area contributed by atoms with E-state index in [2.05, 4.69) is 57.5 Å². The van der Waals surface area contributed by atoms with Gasteiger partial charge in [0.2, 0.25) is 0 Å². The van der Waals surface area contributed by atoms with Crippen LogP contribution < -0.4 is 27.2 Å². The van der Waals surface area contributed by atoms with Gasteiger partial charge < -0.3 is 15.8 Å². The van der Waals surface area contributed by atoms with E-state index in [0.29, 0.717) is 36.1 Å². The van der Waals surface area contributed by atoms with Gasteiger partial charge in [0, 0.05) is 11.1 Å². The number of benzene rings is 2. The fourth-order valence-electron chi connectivity index (χ4n) is 5.65. The number of rotatable bonds is 11. The Labute approximate surface area is 254 Å². The minimum absolute atomic E-state index is 0.0576. The zero-order chi connectivity index (χ0) is 31.3. The SMILES string of the molecule is CC[C@H](c1ccc(C(=O)NC/C(N)=N/NN)cc1)N1C(=O)C(c2ccc(OCCC(C)(C)C)cc2)=NC1=C1C(C)CC1C. The molecule has 0 saturated heterocycles. The number of amidine groups is 1. The number of nitrogens with zero attached hydrogens (tertiary/aromatic N) is 3. The third-order valence-corrected chi connectivity index (χ3v) is 8.04. The Kier molecular flexibility index (Phi) is 9.91. The van der Waals surface area contributed by atoms with Crippen molar-refractivity contribution in [1.82, 2.24) is 15.8 Å². The van der Waals surface area contributed by atoms with E-state index >= 15 is 0 Å². The number of hydrazine groups is 1. The largest absolute Gasteiger partial charge is 0.494 e. The maximum Gasteiger partial charge on any atom is 0.279 e. The highest BCUT2D eigenvalue weighted by molar-refractivity contribution is 6.47. The van der Waals surface area contributed by atoms with E-state index in [4.69, 9.17) is 21.3 Å². The second kappa shape index (κ2) is 13.4. The highest BCUT2D eigenvalue weighted by Gasteiger charge is 2.42. The van der Waals surface area contributed by atoms with Crippen LogP contribution in [0.2, 0.25) is 0 Å². The molecular formula is C33H45N7O3. The number of allylic oxidation sites excluding steroid dienone is 1. The van der Waals surface area contributed by atoms with Gasteiger partial charge in [0.15, 0.2) is 0 Å². The average molecular weight is 588 g/mol. The molecule has 0 spiro atoms. The summed E-state index contributed by atoms with van der Waals surface area (Å²) in [5.74, 6) is 7.12. The first-order valence-corrected chi connectivity index (χ1v) is 15.0. The number of hydrazone groups is 1. The molecule has 2 unspecified atom stereocenters. The van der Waals surface area contributed by atoms with Gasteiger partial charge in [-0.1, -0.05) is 53.7 Å². The van der Waals surface area contributed by atoms with E-state index in [9.17, 15) is 9.59 Å². The lowest BCUT2D eigenvalue weighted by atomic mass is 9.71. The van der Waals surface area contributed by atoms with E-state index in [-0.39, 0.29) is 35.7 Å². The fraction of sp³-hybridized carbons (Fsp3) is 0.455. The molecule has 0 aromatic heterocycles. The Morgan fingerprint density at radius 1 is 1.12 bits per heavy atom. The van der Waals surface area contributed by atoms with Gasteiger partial charge in [-0.05, 0) is 84.0 Å². The summed E-state index contributed by atoms with van der Waals surface area (Å²) in [6.45, 7) is 13.7. The predicted molar refractivity (Wildman–Crippen MR) is 170 cm³/mol. The molecule has 3 atom stereocenters. The molecule has 0 radical (unpaired) electrons. The first kappa shape index (κ1) is 31.7. The quantitative estimate of drug-likeness (QED) is 0.130. The lowest BCUT2D eigenvalue weighted by Gasteiger charge is -2.38. The number of ether oxygens (including phenoxy) is 1. The summed E-state index contributed by atoms with van der Waals surface area (Å²) in [6.07, 6.45) is 2.70. The lowest BCUT2D eigenvalue weighted by molar-refractivity contribution is -0.123. The monoisotopic (exact) mass is 587 g/mol. The standard InChI is InChI=1S/C33H45N7O3/c1-7-26(22-8-10-24(11-9-22)31(41)36-19-27(34)38-39-35)40-30(28-20(2)18-21(28)3)37-29(32(40)42)23-12-14-25(15-13-23)43-17-16-33(4,5)6/h8-15,20-21,26,39H,7,16-19,35H2,1-6H3,(H2,34,38)(H,36,41)/t20?,21?,26-/m1/s1. The molecule has 1 fully saturated rings. The zero-order valence-electron chi connectivity index (χ0n) is 26.1. The van der Waals surface area contributed by atoms with E-state index in [1.54, 1.807) is 12.1 Å². The summed E-state index contributed by atoms with van der Waals surface area (Å²) < 4.78 is 5.95. The maximum atomic E-state index is 14.1. The molecule has 2 aromatic rings. The number of amides is 2. The minimum atomic E-state index is -0.289. The van der Waals surface area contributed by atoms with Gasteiger partial charge in [0.1, 0.15) is 23.1 Å². The van der Waals surface area contributed by atoms with Crippen LogP contribution in [0.4, 0.5) is 0 Å². The average Bonchev–Trinajstić information content (AvgIpc) is 3.27. The Balaban J connectivity index is 1.58. The highest BCUT2D eigenvalue weighted by atomic mass is 16.5. The summed E-state index contributed by atoms with van der Waals surface area (Å²) in [7, 11) is 0. The van der Waals surface area contributed by atoms with Crippen molar-refractivity contribution in [2.24, 2.45) is 38.9 Å². The fourth-order valence-corrected chi connectivity index (χ4v) is 5.65. The number of aliphatic imine (C=N–C) groups is 1. The van der Waals surface area contributed by atoms with Crippen LogP contribution >= 0.6 is 0 Å². The van der Waals surface area contributed by atoms with Gasteiger partial charge >= 0.3 is 0 Å². The molecule has 0 bridgehead atoms. The summed E-state index contributed by atoms with van der Waals surface area (Å²) in [5.41, 5.74) is 11.8. The summed E-state index contributed by atoms with van der Waals surface area (Å²) >= 11 is 0. The van der Waals surface area contributed by atoms with Crippen molar-refractivity contribution in [3.8, 4) is 5.75 Å². The minimum Gasteiger partial charge on any atom is -0.494 e. The molecule has 6 N–H and O–H groups in total. The molecule has 2 aromatic carbocycles. The van der Waals surface area contributed by atoms with Gasteiger partial charge in [0.05, 0.1) is 19.2 Å². The van der Waals surface area contributed by atoms with Crippen LogP contribution in [0.15, 0.2) is 70.0 Å². The van der Waals surface area contributed by atoms with Crippen molar-refractivity contribution in [3.05, 3.63) is 76.6 Å². The molecule has 1 heterocycles. The van der Waals surface area contributed by atoms with E-state index < -0.39 is 0 Å². The molecule has 10 nitrogen and oxygen atoms in total. The normalized spacial score (nSPS) is 19.6. The molecule has 1 aliphatic carbocycles. The molecule has 230 valence electrons. The van der Waals surface area contributed by atoms with E-state index in [1.165, 1.54) is 5.57 Å². The number of carbonyl (C=O) groups excluding carboxylic acids is 2. The topological polar surface area (TPSA) is 147 Å². The van der Waals surface area contributed by atoms with Crippen molar-refractivity contribution in [3.63, 3.8) is 0 Å². The molecule has 1 aliphatic heterocycles. The van der Waals surface area contributed by atoms with Gasteiger partial charge in [-0.15, -0.1) is 0 Å². The van der Waals surface area contributed by atoms with Crippen LogP contribution in [0, 0.1) is 17.3 Å². The smallest absolute Gasteiger partial charge is 0.279 e. The number of carbonyl (C=O) groups is 2. The van der Waals surface area contributed by atoms with Crippen molar-refractivity contribution in [2.45, 2.75) is 66.8 Å². The van der Waals surface area contributed by atoms with Gasteiger partial charge in [-0.2, -0.15) is 5.10 Å². The zero-order valence-corrected chi connectivity index (χ0v) is 26.1. The first-order chi connectivity index (χ1) is 20.4. The highest BCUT2D eigenvalue weighted by Crippen LogP contribution is 2.46. The Morgan fingerprint density at radius 2 is 1.77 bits per heavy atom. The van der Waals surface area contributed by atoms with Crippen LogP contribution in [-0.4, -0.2) is 41.4 Å². The molecular weight excluding hydrogens is 542 g/mol. The van der Waals surface area contributed by atoms with Crippen LogP contribution in [0.25, 0.3) is 0 Å². The van der Waals surface area contributed by atoms with Crippen LogP contribution in [0.5, 0.6) is 5.75 Å². The van der Waals surface area contributed by atoms with Crippen LogP contribution in [-0.2, 0) is 4.79 Å². The van der Waals surface area contributed by atoms with Gasteiger partial charge in [0.25, 0.3) is 11.8 Å². The number of nitrogens with one attached hydrogen (secondary N) is 2. The van der Waals surface area contributed by atoms with Crippen LogP contribution in [0.1, 0.15) is 88.3 Å².